The number of rotatable bonds is 7. The number of anilines is 1. The van der Waals surface area contributed by atoms with E-state index in [1.165, 1.54) is 22.3 Å². The van der Waals surface area contributed by atoms with Gasteiger partial charge in [-0.3, -0.25) is 4.79 Å². The number of para-hydroxylation sites is 1. The molecule has 1 N–H and O–H groups in total. The Morgan fingerprint density at radius 2 is 1.90 bits per heavy atom. The van der Waals surface area contributed by atoms with E-state index in [4.69, 9.17) is 19.2 Å². The predicted molar refractivity (Wildman–Crippen MR) is 162 cm³/mol. The molecule has 3 heterocycles. The Hall–Kier alpha value is -3.42. The fourth-order valence-corrected chi connectivity index (χ4v) is 5.93. The van der Waals surface area contributed by atoms with Crippen molar-refractivity contribution < 1.29 is 19.0 Å². The zero-order chi connectivity index (χ0) is 29.1. The molecular formula is C34H43N3O4. The Kier molecular flexibility index (Phi) is 8.66. The van der Waals surface area contributed by atoms with Crippen LogP contribution in [0.2, 0.25) is 0 Å². The molecule has 41 heavy (non-hydrogen) atoms. The first-order valence-corrected chi connectivity index (χ1v) is 14.7. The van der Waals surface area contributed by atoms with Crippen LogP contribution in [0.4, 0.5) is 5.82 Å². The number of aryl methyl sites for hydroxylation is 2. The average molecular weight is 558 g/mol. The first-order chi connectivity index (χ1) is 19.6. The maximum absolute atomic E-state index is 12.8. The molecule has 218 valence electrons. The SMILES string of the molecule is CO[C@H]1CN(c2cccc(-c3cccc(C)c3OCc3cc(C)c4c(c3)CCNC4)n2)CC[C@@H]1C(=O)OC(C)(C)C. The van der Waals surface area contributed by atoms with Crippen LogP contribution in [-0.2, 0) is 33.8 Å². The number of hydrogen-bond acceptors (Lipinski definition) is 7. The lowest BCUT2D eigenvalue weighted by Crippen LogP contribution is -2.49. The fraction of sp³-hybridized carbons (Fsp3) is 0.471. The molecule has 7 heteroatoms. The molecule has 2 aromatic carbocycles. The normalized spacial score (nSPS) is 19.0. The van der Waals surface area contributed by atoms with Crippen LogP contribution in [0.15, 0.2) is 48.5 Å². The van der Waals surface area contributed by atoms with Crippen LogP contribution >= 0.6 is 0 Å². The minimum absolute atomic E-state index is 0.196. The molecule has 0 spiro atoms. The molecule has 7 nitrogen and oxygen atoms in total. The van der Waals surface area contributed by atoms with E-state index in [9.17, 15) is 4.79 Å². The average Bonchev–Trinajstić information content (AvgIpc) is 2.95. The molecule has 0 aliphatic carbocycles. The Labute approximate surface area is 244 Å². The van der Waals surface area contributed by atoms with Crippen molar-refractivity contribution in [3.63, 3.8) is 0 Å². The van der Waals surface area contributed by atoms with Gasteiger partial charge in [0.25, 0.3) is 0 Å². The first kappa shape index (κ1) is 29.1. The number of carbonyl (C=O) groups is 1. The Bertz CT molecular complexity index is 1400. The van der Waals surface area contributed by atoms with Crippen LogP contribution in [0, 0.1) is 19.8 Å². The van der Waals surface area contributed by atoms with Crippen molar-refractivity contribution >= 4 is 11.8 Å². The summed E-state index contributed by atoms with van der Waals surface area (Å²) in [6.45, 7) is 13.7. The Morgan fingerprint density at radius 1 is 1.10 bits per heavy atom. The summed E-state index contributed by atoms with van der Waals surface area (Å²) in [4.78, 5) is 20.1. The fourth-order valence-electron chi connectivity index (χ4n) is 5.93. The van der Waals surface area contributed by atoms with E-state index in [-0.39, 0.29) is 18.0 Å². The molecule has 1 aromatic heterocycles. The number of nitrogens with zero attached hydrogens (tertiary/aromatic N) is 2. The summed E-state index contributed by atoms with van der Waals surface area (Å²) in [5.74, 6) is 1.23. The minimum atomic E-state index is -0.522. The third-order valence-electron chi connectivity index (χ3n) is 8.00. The number of piperidine rings is 1. The molecule has 0 saturated carbocycles. The van der Waals surface area contributed by atoms with Crippen molar-refractivity contribution in [2.24, 2.45) is 5.92 Å². The largest absolute Gasteiger partial charge is 0.488 e. The van der Waals surface area contributed by atoms with E-state index in [1.807, 2.05) is 39.0 Å². The number of ether oxygens (including phenoxy) is 3. The number of fused-ring (bicyclic) bond motifs is 1. The van der Waals surface area contributed by atoms with Crippen molar-refractivity contribution in [1.82, 2.24) is 10.3 Å². The molecule has 3 aromatic rings. The van der Waals surface area contributed by atoms with Crippen LogP contribution in [-0.4, -0.2) is 49.4 Å². The zero-order valence-electron chi connectivity index (χ0n) is 25.3. The van der Waals surface area contributed by atoms with Gasteiger partial charge < -0.3 is 24.4 Å². The molecule has 5 rings (SSSR count). The van der Waals surface area contributed by atoms with Gasteiger partial charge >= 0.3 is 5.97 Å². The molecule has 0 bridgehead atoms. The summed E-state index contributed by atoms with van der Waals surface area (Å²) in [5, 5.41) is 3.47. The van der Waals surface area contributed by atoms with Crippen LogP contribution in [0.25, 0.3) is 11.3 Å². The monoisotopic (exact) mass is 557 g/mol. The second-order valence-electron chi connectivity index (χ2n) is 12.2. The topological polar surface area (TPSA) is 72.9 Å². The van der Waals surface area contributed by atoms with Gasteiger partial charge in [0, 0.05) is 32.3 Å². The summed E-state index contributed by atoms with van der Waals surface area (Å²) in [7, 11) is 1.66. The van der Waals surface area contributed by atoms with Gasteiger partial charge in [-0.1, -0.05) is 30.3 Å². The standard InChI is InChI=1S/C34H43N3O4/c1-22-9-7-10-26(32(22)40-21-24-17-23(2)28-19-35-15-13-25(28)18-24)29-11-8-12-31(36-29)37-16-14-27(30(20-37)39-6)33(38)41-34(3,4)5/h7-12,17-18,27,30,35H,13-16,19-21H2,1-6H3/t27-,30-/m0/s1. The number of carbonyl (C=O) groups excluding carboxylic acids is 1. The highest BCUT2D eigenvalue weighted by molar-refractivity contribution is 5.74. The quantitative estimate of drug-likeness (QED) is 0.370. The second kappa shape index (κ2) is 12.2. The van der Waals surface area contributed by atoms with Gasteiger partial charge in [0.1, 0.15) is 23.8 Å². The van der Waals surface area contributed by atoms with Crippen LogP contribution in [0.5, 0.6) is 5.75 Å². The Balaban J connectivity index is 1.34. The summed E-state index contributed by atoms with van der Waals surface area (Å²) >= 11 is 0. The van der Waals surface area contributed by atoms with Crippen molar-refractivity contribution in [2.75, 3.05) is 31.6 Å². The number of nitrogens with one attached hydrogen (secondary N) is 1. The minimum Gasteiger partial charge on any atom is -0.488 e. The van der Waals surface area contributed by atoms with Crippen LogP contribution in [0.3, 0.4) is 0 Å². The molecule has 0 amide bonds. The number of esters is 1. The Morgan fingerprint density at radius 3 is 2.68 bits per heavy atom. The summed E-state index contributed by atoms with van der Waals surface area (Å²) in [6, 6.07) is 16.8. The van der Waals surface area contributed by atoms with E-state index in [2.05, 4.69) is 54.4 Å². The summed E-state index contributed by atoms with van der Waals surface area (Å²) in [5.41, 5.74) is 7.73. The number of hydrogen-bond donors (Lipinski definition) is 1. The third-order valence-corrected chi connectivity index (χ3v) is 8.00. The molecule has 2 atom stereocenters. The lowest BCUT2D eigenvalue weighted by atomic mass is 9.93. The zero-order valence-corrected chi connectivity index (χ0v) is 25.3. The van der Waals surface area contributed by atoms with Crippen molar-refractivity contribution in [2.45, 2.75) is 72.3 Å². The summed E-state index contributed by atoms with van der Waals surface area (Å²) < 4.78 is 17.9. The van der Waals surface area contributed by atoms with E-state index < -0.39 is 5.60 Å². The smallest absolute Gasteiger partial charge is 0.312 e. The van der Waals surface area contributed by atoms with Gasteiger partial charge in [-0.05, 0) is 100 Å². The lowest BCUT2D eigenvalue weighted by molar-refractivity contribution is -0.165. The highest BCUT2D eigenvalue weighted by Gasteiger charge is 2.37. The predicted octanol–water partition coefficient (Wildman–Crippen LogP) is 5.77. The maximum atomic E-state index is 12.8. The van der Waals surface area contributed by atoms with Crippen molar-refractivity contribution in [3.05, 3.63) is 76.3 Å². The second-order valence-corrected chi connectivity index (χ2v) is 12.2. The third kappa shape index (κ3) is 6.74. The molecular weight excluding hydrogens is 514 g/mol. The molecule has 0 unspecified atom stereocenters. The van der Waals surface area contributed by atoms with Crippen molar-refractivity contribution in [1.29, 1.82) is 0 Å². The van der Waals surface area contributed by atoms with Crippen LogP contribution in [0.1, 0.15) is 55.0 Å². The number of pyridine rings is 1. The van der Waals surface area contributed by atoms with Crippen molar-refractivity contribution in [3.8, 4) is 17.0 Å². The van der Waals surface area contributed by atoms with Gasteiger partial charge in [-0.25, -0.2) is 4.98 Å². The van der Waals surface area contributed by atoms with E-state index in [0.717, 1.165) is 47.9 Å². The van der Waals surface area contributed by atoms with E-state index in [0.29, 0.717) is 26.1 Å². The van der Waals surface area contributed by atoms with E-state index in [1.54, 1.807) is 7.11 Å². The molecule has 1 fully saturated rings. The van der Waals surface area contributed by atoms with Gasteiger partial charge in [0.05, 0.1) is 17.7 Å². The van der Waals surface area contributed by atoms with Gasteiger partial charge in [-0.15, -0.1) is 0 Å². The number of methoxy groups -OCH3 is 1. The highest BCUT2D eigenvalue weighted by atomic mass is 16.6. The van der Waals surface area contributed by atoms with Gasteiger partial charge in [0.15, 0.2) is 0 Å². The number of aromatic nitrogens is 1. The summed E-state index contributed by atoms with van der Waals surface area (Å²) in [6.07, 6.45) is 1.43. The first-order valence-electron chi connectivity index (χ1n) is 14.7. The molecule has 0 radical (unpaired) electrons. The molecule has 2 aliphatic heterocycles. The van der Waals surface area contributed by atoms with Gasteiger partial charge in [-0.2, -0.15) is 0 Å². The van der Waals surface area contributed by atoms with Gasteiger partial charge in [0.2, 0.25) is 0 Å². The lowest BCUT2D eigenvalue weighted by Gasteiger charge is -2.38. The number of benzene rings is 2. The van der Waals surface area contributed by atoms with Crippen LogP contribution < -0.4 is 15.0 Å². The highest BCUT2D eigenvalue weighted by Crippen LogP contribution is 2.35. The molecule has 2 aliphatic rings. The van der Waals surface area contributed by atoms with E-state index >= 15 is 0 Å². The molecule has 1 saturated heterocycles. The maximum Gasteiger partial charge on any atom is 0.312 e.